The zero-order valence-corrected chi connectivity index (χ0v) is 11.4. The number of halogens is 1. The maximum Gasteiger partial charge on any atom is 0.230 e. The summed E-state index contributed by atoms with van der Waals surface area (Å²) in [5, 5.41) is 3.48. The zero-order valence-electron chi connectivity index (χ0n) is 10.6. The molecule has 0 heterocycles. The highest BCUT2D eigenvalue weighted by atomic mass is 35.5. The Balaban J connectivity index is 2.13. The van der Waals surface area contributed by atoms with E-state index in [1.165, 1.54) is 0 Å². The van der Waals surface area contributed by atoms with Crippen molar-refractivity contribution in [1.82, 2.24) is 0 Å². The van der Waals surface area contributed by atoms with Gasteiger partial charge in [0, 0.05) is 11.1 Å². The Kier molecular flexibility index (Phi) is 3.81. The van der Waals surface area contributed by atoms with Crippen molar-refractivity contribution in [3.05, 3.63) is 23.2 Å². The molecule has 1 aromatic rings. The van der Waals surface area contributed by atoms with Gasteiger partial charge in [-0.05, 0) is 37.5 Å². The number of anilines is 2. The summed E-state index contributed by atoms with van der Waals surface area (Å²) in [7, 11) is 0. The van der Waals surface area contributed by atoms with Crippen LogP contribution in [0, 0.1) is 5.41 Å². The molecule has 1 fully saturated rings. The number of nitrogen functional groups attached to an aromatic ring is 1. The molecule has 1 aliphatic rings. The molecule has 0 atom stereocenters. The van der Waals surface area contributed by atoms with Gasteiger partial charge < -0.3 is 11.1 Å². The van der Waals surface area contributed by atoms with Crippen molar-refractivity contribution in [2.24, 2.45) is 5.41 Å². The summed E-state index contributed by atoms with van der Waals surface area (Å²) in [4.78, 5) is 12.4. The zero-order chi connectivity index (χ0) is 13.2. The molecular weight excluding hydrogens is 248 g/mol. The molecule has 1 saturated carbocycles. The standard InChI is InChI=1S/C14H19ClN2O/c1-2-14(7-3-4-8-14)13(18)17-10-5-6-11(15)12(16)9-10/h5-6,9H,2-4,7-8,16H2,1H3,(H,17,18). The van der Waals surface area contributed by atoms with Crippen LogP contribution < -0.4 is 11.1 Å². The molecule has 18 heavy (non-hydrogen) atoms. The molecule has 1 aliphatic carbocycles. The highest BCUT2D eigenvalue weighted by molar-refractivity contribution is 6.33. The van der Waals surface area contributed by atoms with Crippen LogP contribution in [0.5, 0.6) is 0 Å². The molecule has 1 aromatic carbocycles. The van der Waals surface area contributed by atoms with Crippen molar-refractivity contribution in [3.8, 4) is 0 Å². The fourth-order valence-electron chi connectivity index (χ4n) is 2.68. The summed E-state index contributed by atoms with van der Waals surface area (Å²) in [6.45, 7) is 2.08. The first-order valence-corrected chi connectivity index (χ1v) is 6.82. The van der Waals surface area contributed by atoms with Gasteiger partial charge >= 0.3 is 0 Å². The van der Waals surface area contributed by atoms with E-state index in [1.54, 1.807) is 18.2 Å². The minimum Gasteiger partial charge on any atom is -0.397 e. The van der Waals surface area contributed by atoms with Gasteiger partial charge in [-0.3, -0.25) is 4.79 Å². The topological polar surface area (TPSA) is 55.1 Å². The lowest BCUT2D eigenvalue weighted by molar-refractivity contribution is -0.125. The lowest BCUT2D eigenvalue weighted by Gasteiger charge is -2.26. The van der Waals surface area contributed by atoms with Crippen LogP contribution in [0.3, 0.4) is 0 Å². The Morgan fingerprint density at radius 2 is 2.11 bits per heavy atom. The monoisotopic (exact) mass is 266 g/mol. The Labute approximate surface area is 113 Å². The van der Waals surface area contributed by atoms with Gasteiger partial charge in [0.25, 0.3) is 0 Å². The SMILES string of the molecule is CCC1(C(=O)Nc2ccc(Cl)c(N)c2)CCCC1. The molecule has 2 rings (SSSR count). The number of hydrogen-bond donors (Lipinski definition) is 2. The molecule has 0 unspecified atom stereocenters. The third-order valence-electron chi connectivity index (χ3n) is 3.97. The van der Waals surface area contributed by atoms with Gasteiger partial charge in [0.1, 0.15) is 0 Å². The predicted octanol–water partition coefficient (Wildman–Crippen LogP) is 3.83. The van der Waals surface area contributed by atoms with Gasteiger partial charge in [-0.25, -0.2) is 0 Å². The molecule has 0 radical (unpaired) electrons. The second-order valence-corrected chi connectivity index (χ2v) is 5.44. The van der Waals surface area contributed by atoms with Gasteiger partial charge in [-0.2, -0.15) is 0 Å². The summed E-state index contributed by atoms with van der Waals surface area (Å²) >= 11 is 5.86. The van der Waals surface area contributed by atoms with Crippen LogP contribution in [0.15, 0.2) is 18.2 Å². The van der Waals surface area contributed by atoms with Crippen molar-refractivity contribution >= 4 is 28.9 Å². The number of hydrogen-bond acceptors (Lipinski definition) is 2. The van der Waals surface area contributed by atoms with Crippen molar-refractivity contribution in [3.63, 3.8) is 0 Å². The van der Waals surface area contributed by atoms with E-state index in [0.29, 0.717) is 10.7 Å². The highest BCUT2D eigenvalue weighted by Gasteiger charge is 2.39. The van der Waals surface area contributed by atoms with E-state index in [2.05, 4.69) is 12.2 Å². The second kappa shape index (κ2) is 5.19. The molecule has 0 bridgehead atoms. The molecule has 1 amide bonds. The molecule has 4 heteroatoms. The van der Waals surface area contributed by atoms with E-state index in [1.807, 2.05) is 0 Å². The largest absolute Gasteiger partial charge is 0.397 e. The predicted molar refractivity (Wildman–Crippen MR) is 75.7 cm³/mol. The van der Waals surface area contributed by atoms with E-state index in [0.717, 1.165) is 37.8 Å². The second-order valence-electron chi connectivity index (χ2n) is 5.03. The number of rotatable bonds is 3. The van der Waals surface area contributed by atoms with Crippen LogP contribution in [-0.2, 0) is 4.79 Å². The normalized spacial score (nSPS) is 17.7. The maximum atomic E-state index is 12.4. The number of nitrogens with one attached hydrogen (secondary N) is 1. The fraction of sp³-hybridized carbons (Fsp3) is 0.500. The average molecular weight is 267 g/mol. The molecule has 98 valence electrons. The minimum atomic E-state index is -0.186. The Hall–Kier alpha value is -1.22. The van der Waals surface area contributed by atoms with Crippen molar-refractivity contribution < 1.29 is 4.79 Å². The van der Waals surface area contributed by atoms with E-state index >= 15 is 0 Å². The number of nitrogens with two attached hydrogens (primary N) is 1. The van der Waals surface area contributed by atoms with Crippen molar-refractivity contribution in [2.75, 3.05) is 11.1 Å². The molecule has 0 saturated heterocycles. The fourth-order valence-corrected chi connectivity index (χ4v) is 2.80. The molecule has 0 aromatic heterocycles. The lowest BCUT2D eigenvalue weighted by atomic mass is 9.82. The Morgan fingerprint density at radius 1 is 1.44 bits per heavy atom. The van der Waals surface area contributed by atoms with Crippen LogP contribution in [-0.4, -0.2) is 5.91 Å². The first-order chi connectivity index (χ1) is 8.57. The summed E-state index contributed by atoms with van der Waals surface area (Å²) in [5.41, 5.74) is 6.76. The van der Waals surface area contributed by atoms with Crippen LogP contribution >= 0.6 is 11.6 Å². The van der Waals surface area contributed by atoms with Gasteiger partial charge in [-0.1, -0.05) is 31.4 Å². The van der Waals surface area contributed by atoms with Crippen molar-refractivity contribution in [1.29, 1.82) is 0 Å². The number of benzene rings is 1. The number of carbonyl (C=O) groups excluding carboxylic acids is 1. The van der Waals surface area contributed by atoms with E-state index < -0.39 is 0 Å². The number of amides is 1. The minimum absolute atomic E-state index is 0.115. The van der Waals surface area contributed by atoms with E-state index in [-0.39, 0.29) is 11.3 Å². The van der Waals surface area contributed by atoms with Crippen LogP contribution in [0.25, 0.3) is 0 Å². The first-order valence-electron chi connectivity index (χ1n) is 6.44. The van der Waals surface area contributed by atoms with Crippen LogP contribution in [0.4, 0.5) is 11.4 Å². The van der Waals surface area contributed by atoms with Crippen molar-refractivity contribution in [2.45, 2.75) is 39.0 Å². The third kappa shape index (κ3) is 2.46. The van der Waals surface area contributed by atoms with E-state index in [9.17, 15) is 4.79 Å². The average Bonchev–Trinajstić information content (AvgIpc) is 2.84. The number of carbonyl (C=O) groups is 1. The molecule has 3 N–H and O–H groups in total. The summed E-state index contributed by atoms with van der Waals surface area (Å²) < 4.78 is 0. The quantitative estimate of drug-likeness (QED) is 0.817. The van der Waals surface area contributed by atoms with Crippen LogP contribution in [0.2, 0.25) is 5.02 Å². The summed E-state index contributed by atoms with van der Waals surface area (Å²) in [5.74, 6) is 0.115. The van der Waals surface area contributed by atoms with Gasteiger partial charge in [0.15, 0.2) is 0 Å². The smallest absolute Gasteiger partial charge is 0.230 e. The highest BCUT2D eigenvalue weighted by Crippen LogP contribution is 2.42. The van der Waals surface area contributed by atoms with E-state index in [4.69, 9.17) is 17.3 Å². The lowest BCUT2D eigenvalue weighted by Crippen LogP contribution is -2.33. The van der Waals surface area contributed by atoms with Gasteiger partial charge in [0.05, 0.1) is 10.7 Å². The third-order valence-corrected chi connectivity index (χ3v) is 4.32. The molecule has 3 nitrogen and oxygen atoms in total. The van der Waals surface area contributed by atoms with Gasteiger partial charge in [0.2, 0.25) is 5.91 Å². The maximum absolute atomic E-state index is 12.4. The Morgan fingerprint density at radius 3 is 2.67 bits per heavy atom. The first kappa shape index (κ1) is 13.2. The Bertz CT molecular complexity index is 453. The summed E-state index contributed by atoms with van der Waals surface area (Å²) in [6.07, 6.45) is 5.15. The molecular formula is C14H19ClN2O. The summed E-state index contributed by atoms with van der Waals surface area (Å²) in [6, 6.07) is 5.20. The van der Waals surface area contributed by atoms with Gasteiger partial charge in [-0.15, -0.1) is 0 Å². The van der Waals surface area contributed by atoms with Crippen LogP contribution in [0.1, 0.15) is 39.0 Å². The molecule has 0 spiro atoms. The molecule has 0 aliphatic heterocycles.